The molecule has 4 rings (SSSR count). The molecule has 0 aromatic rings. The van der Waals surface area contributed by atoms with Gasteiger partial charge in [0.15, 0.2) is 0 Å². The zero-order valence-electron chi connectivity index (χ0n) is 15.4. The van der Waals surface area contributed by atoms with Crippen LogP contribution in [0.3, 0.4) is 0 Å². The fourth-order valence-corrected chi connectivity index (χ4v) is 6.06. The van der Waals surface area contributed by atoms with Gasteiger partial charge in [-0.2, -0.15) is 0 Å². The third-order valence-electron chi connectivity index (χ3n) is 5.25. The predicted molar refractivity (Wildman–Crippen MR) is 109 cm³/mol. The van der Waals surface area contributed by atoms with Crippen LogP contribution in [-0.4, -0.2) is 8.07 Å². The molecule has 4 aliphatic carbocycles. The number of fused-ring (bicyclic) bond motifs is 2. The average Bonchev–Trinajstić information content (AvgIpc) is 3.17. The summed E-state index contributed by atoms with van der Waals surface area (Å²) in [5.41, 5.74) is 0. The predicted octanol–water partition coefficient (Wildman–Crippen LogP) is 5.87. The lowest BCUT2D eigenvalue weighted by atomic mass is 9.74. The summed E-state index contributed by atoms with van der Waals surface area (Å²) in [4.78, 5) is 0. The summed E-state index contributed by atoms with van der Waals surface area (Å²) >= 11 is 0. The van der Waals surface area contributed by atoms with Crippen LogP contribution in [0.15, 0.2) is 48.6 Å². The molecule has 0 N–H and O–H groups in total. The van der Waals surface area contributed by atoms with Crippen molar-refractivity contribution in [3.63, 3.8) is 0 Å². The molecule has 1 heteroatoms. The summed E-state index contributed by atoms with van der Waals surface area (Å²) in [6.07, 6.45) is 28.1. The van der Waals surface area contributed by atoms with Crippen LogP contribution in [0, 0.1) is 67.1 Å². The summed E-state index contributed by atoms with van der Waals surface area (Å²) in [5.74, 6) is 9.28. The zero-order chi connectivity index (χ0) is 17.4. The van der Waals surface area contributed by atoms with Gasteiger partial charge in [-0.3, -0.25) is 0 Å². The third kappa shape index (κ3) is 3.82. The standard InChI is InChI=1S/C24H26Si/c1-25(2,3)17-21(24-15-14-19-9-5-7-11-23(19)24)16-20-13-12-18-8-4-6-10-22(18)20/h4-15,21H,16-17H2,1-3H3. The van der Waals surface area contributed by atoms with Gasteiger partial charge in [-0.05, 0) is 49.9 Å². The first kappa shape index (κ1) is 17.6. The fourth-order valence-electron chi connectivity index (χ4n) is 4.22. The van der Waals surface area contributed by atoms with Crippen LogP contribution in [0.1, 0.15) is 6.42 Å². The number of hydrogen-bond acceptors (Lipinski definition) is 0. The Labute approximate surface area is 156 Å². The van der Waals surface area contributed by atoms with E-state index in [-0.39, 0.29) is 0 Å². The molecule has 0 saturated heterocycles. The van der Waals surface area contributed by atoms with Crippen molar-refractivity contribution in [2.24, 2.45) is 5.92 Å². The Bertz CT molecular complexity index is 588. The van der Waals surface area contributed by atoms with E-state index in [0.717, 1.165) is 6.42 Å². The molecule has 0 aromatic carbocycles. The normalized spacial score (nSPS) is 27.3. The van der Waals surface area contributed by atoms with Gasteiger partial charge in [-0.1, -0.05) is 74.3 Å². The Morgan fingerprint density at radius 2 is 1.32 bits per heavy atom. The van der Waals surface area contributed by atoms with Crippen molar-refractivity contribution in [3.05, 3.63) is 110 Å². The SMILES string of the molecule is C[Si](C)(C)CC(C[C]1[CH][CH][C]2C=CC=C[C]21)[C]1[CH][CH][C]2C=CC=C[C]21. The van der Waals surface area contributed by atoms with Crippen molar-refractivity contribution in [3.8, 4) is 0 Å². The van der Waals surface area contributed by atoms with Gasteiger partial charge in [0.25, 0.3) is 0 Å². The van der Waals surface area contributed by atoms with Crippen LogP contribution in [-0.2, 0) is 0 Å². The van der Waals surface area contributed by atoms with E-state index in [0.29, 0.717) is 5.92 Å². The number of hydrogen-bond donors (Lipinski definition) is 0. The first-order valence-electron chi connectivity index (χ1n) is 9.29. The van der Waals surface area contributed by atoms with Crippen molar-refractivity contribution < 1.29 is 0 Å². The van der Waals surface area contributed by atoms with Gasteiger partial charge >= 0.3 is 0 Å². The lowest BCUT2D eigenvalue weighted by molar-refractivity contribution is 0.579. The molecule has 2 fully saturated rings. The van der Waals surface area contributed by atoms with Gasteiger partial charge in [0, 0.05) is 31.7 Å². The van der Waals surface area contributed by atoms with E-state index >= 15 is 0 Å². The first-order valence-corrected chi connectivity index (χ1v) is 13.0. The monoisotopic (exact) mass is 342 g/mol. The number of rotatable bonds is 5. The Morgan fingerprint density at radius 3 is 2.04 bits per heavy atom. The highest BCUT2D eigenvalue weighted by Gasteiger charge is 2.44. The average molecular weight is 343 g/mol. The zero-order valence-corrected chi connectivity index (χ0v) is 16.4. The van der Waals surface area contributed by atoms with Gasteiger partial charge in [-0.25, -0.2) is 0 Å². The van der Waals surface area contributed by atoms with Crippen molar-refractivity contribution in [1.29, 1.82) is 0 Å². The van der Waals surface area contributed by atoms with Gasteiger partial charge in [-0.15, -0.1) is 0 Å². The van der Waals surface area contributed by atoms with E-state index in [4.69, 9.17) is 0 Å². The molecule has 1 atom stereocenters. The minimum atomic E-state index is -1.16. The van der Waals surface area contributed by atoms with E-state index < -0.39 is 8.07 Å². The minimum absolute atomic E-state index is 0.609. The van der Waals surface area contributed by atoms with Crippen LogP contribution in [0.5, 0.6) is 0 Å². The summed E-state index contributed by atoms with van der Waals surface area (Å²) < 4.78 is 0. The molecule has 4 aliphatic rings. The molecule has 25 heavy (non-hydrogen) atoms. The highest BCUT2D eigenvalue weighted by molar-refractivity contribution is 6.76. The van der Waals surface area contributed by atoms with Gasteiger partial charge < -0.3 is 0 Å². The van der Waals surface area contributed by atoms with Crippen molar-refractivity contribution in [2.45, 2.75) is 32.1 Å². The molecule has 0 spiro atoms. The summed E-state index contributed by atoms with van der Waals surface area (Å²) in [7, 11) is -1.16. The summed E-state index contributed by atoms with van der Waals surface area (Å²) in [6.45, 7) is 7.48. The fraction of sp³-hybridized carbons (Fsp3) is 0.250. The minimum Gasteiger partial charge on any atom is -0.0762 e. The third-order valence-corrected chi connectivity index (χ3v) is 6.97. The molecule has 0 aliphatic heterocycles. The van der Waals surface area contributed by atoms with E-state index in [9.17, 15) is 0 Å². The molecule has 0 nitrogen and oxygen atoms in total. The van der Waals surface area contributed by atoms with Crippen LogP contribution in [0.4, 0.5) is 0 Å². The quantitative estimate of drug-likeness (QED) is 0.548. The van der Waals surface area contributed by atoms with Gasteiger partial charge in [0.2, 0.25) is 0 Å². The van der Waals surface area contributed by atoms with E-state index in [1.807, 2.05) is 0 Å². The molecule has 0 amide bonds. The van der Waals surface area contributed by atoms with Crippen molar-refractivity contribution in [2.75, 3.05) is 0 Å². The second kappa shape index (κ2) is 7.06. The molecule has 1 unspecified atom stereocenters. The molecule has 10 radical (unpaired) electrons. The van der Waals surface area contributed by atoms with Crippen LogP contribution in [0.25, 0.3) is 0 Å². The Morgan fingerprint density at radius 1 is 0.720 bits per heavy atom. The van der Waals surface area contributed by atoms with E-state index in [1.54, 1.807) is 5.92 Å². The van der Waals surface area contributed by atoms with Crippen LogP contribution < -0.4 is 0 Å². The Hall–Kier alpha value is -0.823. The van der Waals surface area contributed by atoms with Gasteiger partial charge in [0.05, 0.1) is 0 Å². The molecule has 0 bridgehead atoms. The molecule has 126 valence electrons. The van der Waals surface area contributed by atoms with Gasteiger partial charge in [0.1, 0.15) is 0 Å². The van der Waals surface area contributed by atoms with Crippen molar-refractivity contribution >= 4 is 8.07 Å². The van der Waals surface area contributed by atoms with Crippen molar-refractivity contribution in [1.82, 2.24) is 0 Å². The largest absolute Gasteiger partial charge is 0.0762 e. The molecular formula is C24H26Si. The maximum atomic E-state index is 2.49. The molecule has 0 heterocycles. The smallest absolute Gasteiger partial charge is 0.0445 e. The highest BCUT2D eigenvalue weighted by Crippen LogP contribution is 2.54. The maximum absolute atomic E-state index is 2.49. The lowest BCUT2D eigenvalue weighted by Gasteiger charge is -2.35. The summed E-state index contributed by atoms with van der Waals surface area (Å²) in [6, 6.07) is 1.33. The van der Waals surface area contributed by atoms with E-state index in [1.165, 1.54) is 35.6 Å². The molecule has 2 saturated carbocycles. The summed E-state index contributed by atoms with van der Waals surface area (Å²) in [5, 5.41) is 0. The Kier molecular flexibility index (Phi) is 4.97. The molecule has 0 aromatic heterocycles. The topological polar surface area (TPSA) is 0 Å². The molecular weight excluding hydrogens is 316 g/mol. The second-order valence-electron chi connectivity index (χ2n) is 8.49. The lowest BCUT2D eigenvalue weighted by Crippen LogP contribution is -2.30. The highest BCUT2D eigenvalue weighted by atomic mass is 28.3. The van der Waals surface area contributed by atoms with Crippen LogP contribution in [0.2, 0.25) is 25.7 Å². The second-order valence-corrected chi connectivity index (χ2v) is 14.0. The van der Waals surface area contributed by atoms with E-state index in [2.05, 4.69) is 93.9 Å². The van der Waals surface area contributed by atoms with Crippen LogP contribution >= 0.6 is 0 Å². The first-order chi connectivity index (χ1) is 12.0. The Balaban J connectivity index is 1.51. The number of allylic oxidation sites excluding steroid dienone is 8. The maximum Gasteiger partial charge on any atom is 0.0445 e.